The minimum absolute atomic E-state index is 0.00385. The Morgan fingerprint density at radius 1 is 0.779 bits per heavy atom. The number of nitriles is 1. The lowest BCUT2D eigenvalue weighted by Gasteiger charge is -2.43. The predicted molar refractivity (Wildman–Crippen MR) is 422 cm³/mol. The zero-order chi connectivity index (χ0) is 79.3. The molecule has 13 rings (SSSR count). The fraction of sp³-hybridized carbons (Fsp3) is 0.524. The number of anilines is 4. The number of para-hydroxylation sites is 1. The van der Waals surface area contributed by atoms with Crippen molar-refractivity contribution in [2.45, 2.75) is 191 Å². The molecule has 29 heteroatoms. The van der Waals surface area contributed by atoms with Crippen molar-refractivity contribution in [3.05, 3.63) is 138 Å². The number of hydrogen-bond acceptors (Lipinski definition) is 23. The van der Waals surface area contributed by atoms with E-state index in [9.17, 15) is 43.9 Å². The van der Waals surface area contributed by atoms with Crippen molar-refractivity contribution in [2.75, 3.05) is 100 Å². The molecular formula is C84H106N16O13. The maximum atomic E-state index is 14.2. The predicted octanol–water partition coefficient (Wildman–Crippen LogP) is 8.00. The number of aliphatic hydroxyl groups excluding tert-OH is 1. The average Bonchev–Trinajstić information content (AvgIpc) is 1.75. The number of ether oxygens (including phenoxy) is 4. The lowest BCUT2D eigenvalue weighted by atomic mass is 9.67. The molecule has 0 spiro atoms. The van der Waals surface area contributed by atoms with Gasteiger partial charge in [-0.2, -0.15) is 5.26 Å². The Hall–Kier alpha value is -10.5. The minimum atomic E-state index is -1.26. The number of rotatable bonds is 36. The molecule has 7 atom stereocenters. The molecule has 7 amide bonds. The van der Waals surface area contributed by atoms with Crippen molar-refractivity contribution in [3.63, 3.8) is 0 Å². The fourth-order valence-corrected chi connectivity index (χ4v) is 16.5. The Morgan fingerprint density at radius 3 is 2.23 bits per heavy atom. The molecule has 113 heavy (non-hydrogen) atoms. The summed E-state index contributed by atoms with van der Waals surface area (Å²) in [6.07, 6.45) is 14.5. The number of nitrogens with two attached hydrogens (primary N) is 1. The second kappa shape index (κ2) is 37.0. The second-order valence-electron chi connectivity index (χ2n) is 31.8. The smallest absolute Gasteiger partial charge is 0.254 e. The van der Waals surface area contributed by atoms with Gasteiger partial charge in [0.15, 0.2) is 11.6 Å². The third-order valence-corrected chi connectivity index (χ3v) is 23.1. The van der Waals surface area contributed by atoms with Gasteiger partial charge in [-0.1, -0.05) is 56.7 Å². The zero-order valence-electron chi connectivity index (χ0n) is 65.3. The van der Waals surface area contributed by atoms with Crippen LogP contribution in [0.15, 0.2) is 120 Å². The van der Waals surface area contributed by atoms with Gasteiger partial charge in [-0.3, -0.25) is 43.4 Å². The monoisotopic (exact) mass is 1550 g/mol. The summed E-state index contributed by atoms with van der Waals surface area (Å²) in [7, 11) is 3.98. The Morgan fingerprint density at radius 2 is 1.52 bits per heavy atom. The minimum Gasteiger partial charge on any atom is -0.488 e. The third kappa shape index (κ3) is 19.7. The number of carbonyl (C=O) groups excluding carboxylic acids is 7. The highest BCUT2D eigenvalue weighted by molar-refractivity contribution is 6.13. The van der Waals surface area contributed by atoms with E-state index in [-0.39, 0.29) is 103 Å². The van der Waals surface area contributed by atoms with Gasteiger partial charge in [-0.25, -0.2) is 4.98 Å². The highest BCUT2D eigenvalue weighted by Gasteiger charge is 2.52. The first-order valence-electron chi connectivity index (χ1n) is 40.1. The van der Waals surface area contributed by atoms with Crippen LogP contribution >= 0.6 is 0 Å². The normalized spacial score (nSPS) is 21.5. The summed E-state index contributed by atoms with van der Waals surface area (Å²) in [4.78, 5) is 110. The van der Waals surface area contributed by atoms with Crippen molar-refractivity contribution >= 4 is 64.2 Å². The Labute approximate surface area is 659 Å². The number of nitrogens with one attached hydrogen (secondary N) is 4. The number of amides is 7. The van der Waals surface area contributed by atoms with Crippen LogP contribution in [0.1, 0.15) is 158 Å². The maximum absolute atomic E-state index is 14.2. The lowest BCUT2D eigenvalue weighted by Crippen LogP contribution is -2.58. The number of unbranched alkanes of at least 4 members (excludes halogenated alkanes) is 3. The third-order valence-electron chi connectivity index (χ3n) is 23.1. The summed E-state index contributed by atoms with van der Waals surface area (Å²) in [6.45, 7) is 11.6. The van der Waals surface area contributed by atoms with Crippen molar-refractivity contribution in [1.29, 1.82) is 5.26 Å². The van der Waals surface area contributed by atoms with E-state index in [1.165, 1.54) is 22.0 Å². The number of aliphatic hydroxyl groups is 1. The molecular weight excluding hydrogens is 1440 g/mol. The molecule has 7 N–H and O–H groups in total. The summed E-state index contributed by atoms with van der Waals surface area (Å²) in [5.74, 6) is -1.32. The van der Waals surface area contributed by atoms with Gasteiger partial charge in [0.25, 0.3) is 17.7 Å². The summed E-state index contributed by atoms with van der Waals surface area (Å²) in [6, 6.07) is 30.2. The number of nitrogen functional groups attached to an aromatic ring is 1. The van der Waals surface area contributed by atoms with Crippen molar-refractivity contribution < 1.29 is 62.1 Å². The molecule has 4 saturated heterocycles. The number of benzene rings is 3. The van der Waals surface area contributed by atoms with Crippen LogP contribution in [0, 0.1) is 22.7 Å². The largest absolute Gasteiger partial charge is 0.488 e. The highest BCUT2D eigenvalue weighted by atomic mass is 16.5. The zero-order valence-corrected chi connectivity index (χ0v) is 65.3. The van der Waals surface area contributed by atoms with Crippen LogP contribution in [0.4, 0.5) is 22.9 Å². The quantitative estimate of drug-likeness (QED) is 0.0123. The first kappa shape index (κ1) is 80.5. The molecule has 29 nitrogen and oxygen atoms in total. The number of β-amino-alcohol motifs (C(OH)–C–C–N with tert-alkyl or cyclic N) is 1. The molecule has 7 aliphatic rings. The van der Waals surface area contributed by atoms with Gasteiger partial charge in [-0.15, -0.1) is 10.2 Å². The maximum Gasteiger partial charge on any atom is 0.254 e. The standard InChI is InChI=1S/C84H106N16O13/c1-53(2)77(81(106)99-51-62(101)43-70(99)80(105)89-54(3)57-21-17-55(48-85)18-22-57)72-47-74(94-113-72)109-41-40-96-38-30-63(31-39-96)111-64-44-65(45-64)112-73-42-59(29-35-87-73)100-60-25-26-61(100)50-97(49-60)69-46-68(92-93-78(69)86)66-14-7-8-16-71(66)110-52-56-19-23-58(24-20-56)90-79(104)67(15-9-12-36-95(4)5)91-83(108)84(32-13-33-84)82(107)88-34-10-6-11-37-98-75(102)27-28-76(98)103/h7-8,14,16-24,27-29,35,42,46-47,53-54,60-65,67,70,77,101H,6,9-13,15,25-26,30-34,36-41,43-45,49-52H2,1-5H3,(H2,86,93)(H,88,107)(H,89,105)(H,90,104)(H,91,108)/t54-,60?,61?,62+,64-,65-,67-,70-,77+/m0/s1. The van der Waals surface area contributed by atoms with E-state index in [4.69, 9.17) is 29.2 Å². The molecule has 2 bridgehead atoms. The van der Waals surface area contributed by atoms with E-state index in [2.05, 4.69) is 79.4 Å². The van der Waals surface area contributed by atoms with E-state index in [1.54, 1.807) is 42.5 Å². The van der Waals surface area contributed by atoms with Crippen molar-refractivity contribution in [2.24, 2.45) is 11.3 Å². The lowest BCUT2D eigenvalue weighted by molar-refractivity contribution is -0.151. The molecule has 0 radical (unpaired) electrons. The van der Waals surface area contributed by atoms with E-state index < -0.39 is 35.4 Å². The topological polar surface area (TPSA) is 359 Å². The number of likely N-dealkylation sites (tertiary alicyclic amines) is 2. The Bertz CT molecular complexity index is 4370. The molecule has 8 heterocycles. The average molecular weight is 1550 g/mol. The number of nitrogens with zero attached hydrogens (tertiary/aromatic N) is 11. The van der Waals surface area contributed by atoms with Gasteiger partial charge < -0.3 is 75.2 Å². The molecule has 2 unspecified atom stereocenters. The Kier molecular flexibility index (Phi) is 26.3. The molecule has 6 fully saturated rings. The van der Waals surface area contributed by atoms with Crippen molar-refractivity contribution in [3.8, 4) is 34.8 Å². The van der Waals surface area contributed by atoms with Gasteiger partial charge in [0, 0.05) is 131 Å². The first-order valence-corrected chi connectivity index (χ1v) is 40.1. The molecule has 600 valence electrons. The molecule has 2 aliphatic carbocycles. The number of aromatic nitrogens is 4. The number of piperidine rings is 1. The van der Waals surface area contributed by atoms with E-state index >= 15 is 0 Å². The summed E-state index contributed by atoms with van der Waals surface area (Å²) >= 11 is 0. The van der Waals surface area contributed by atoms with Crippen molar-refractivity contribution in [1.82, 2.24) is 55.9 Å². The van der Waals surface area contributed by atoms with E-state index in [0.29, 0.717) is 118 Å². The number of carbonyl (C=O) groups is 7. The summed E-state index contributed by atoms with van der Waals surface area (Å²) in [5.41, 5.74) is 11.4. The van der Waals surface area contributed by atoms with E-state index in [0.717, 1.165) is 106 Å². The molecule has 3 aromatic heterocycles. The number of piperazine rings is 1. The van der Waals surface area contributed by atoms with Crippen LogP contribution in [0.3, 0.4) is 0 Å². The van der Waals surface area contributed by atoms with Crippen LogP contribution in [0.2, 0.25) is 0 Å². The summed E-state index contributed by atoms with van der Waals surface area (Å²) in [5, 5.41) is 45.0. The number of imide groups is 1. The number of hydrogen-bond donors (Lipinski definition) is 6. The van der Waals surface area contributed by atoms with Crippen LogP contribution < -0.4 is 51.0 Å². The van der Waals surface area contributed by atoms with Gasteiger partial charge >= 0.3 is 0 Å². The summed E-state index contributed by atoms with van der Waals surface area (Å²) < 4.78 is 31.4. The molecule has 6 aromatic rings. The number of pyridine rings is 1. The van der Waals surface area contributed by atoms with Crippen LogP contribution in [0.25, 0.3) is 11.3 Å². The molecule has 3 aromatic carbocycles. The van der Waals surface area contributed by atoms with Gasteiger partial charge in [0.05, 0.1) is 47.4 Å². The van der Waals surface area contributed by atoms with Crippen LogP contribution in [-0.2, 0) is 44.9 Å². The second-order valence-corrected chi connectivity index (χ2v) is 31.8. The molecule has 5 aliphatic heterocycles. The van der Waals surface area contributed by atoms with Gasteiger partial charge in [0.2, 0.25) is 35.4 Å². The highest BCUT2D eigenvalue weighted by Crippen LogP contribution is 2.44. The Balaban J connectivity index is 0.532. The number of fused-ring (bicyclic) bond motifs is 2. The first-order chi connectivity index (χ1) is 54.6. The van der Waals surface area contributed by atoms with Gasteiger partial charge in [-0.05, 0) is 175 Å². The van der Waals surface area contributed by atoms with Gasteiger partial charge in [0.1, 0.15) is 48.5 Å². The fourth-order valence-electron chi connectivity index (χ4n) is 16.5. The van der Waals surface area contributed by atoms with Crippen LogP contribution in [0.5, 0.6) is 17.5 Å². The van der Waals surface area contributed by atoms with Crippen LogP contribution in [-0.4, -0.2) is 215 Å². The molecule has 2 saturated carbocycles. The SMILES string of the molecule is CC(C)[C@@H](C(=O)N1C[C@H](O)C[C@H]1C(=O)N[C@@H](C)c1ccc(C#N)cc1)c1cc(OCCN2CCC(O[C@H]3C[C@H](Oc4cc(N5C6CCC5CN(c5cc(-c7ccccc7OCc7ccc(NC(=O)[C@H](CCCCN(C)C)NC(=O)C8(C(=O)NCCCCCN9C(=O)C=CC9=O)CCC8)cc7)nnc5N)C6)ccn4)C3)CC2)no1. The van der Waals surface area contributed by atoms with E-state index in [1.807, 2.05) is 83.5 Å².